The molecule has 0 spiro atoms. The van der Waals surface area contributed by atoms with Crippen molar-refractivity contribution < 1.29 is 13.2 Å². The zero-order chi connectivity index (χ0) is 18.6. The number of likely N-dealkylation sites (N-methyl/N-ethyl adjacent to an activating group) is 1. The summed E-state index contributed by atoms with van der Waals surface area (Å²) in [7, 11) is -3.77. The average molecular weight is 466 g/mol. The van der Waals surface area contributed by atoms with Crippen LogP contribution in [0, 0.1) is 0 Å². The van der Waals surface area contributed by atoms with E-state index in [4.69, 9.17) is 23.2 Å². The van der Waals surface area contributed by atoms with E-state index in [2.05, 4.69) is 21.2 Å². The Balaban J connectivity index is 2.15. The lowest BCUT2D eigenvalue weighted by atomic mass is 10.3. The number of nitrogens with zero attached hydrogens (tertiary/aromatic N) is 1. The molecule has 2 aromatic rings. The van der Waals surface area contributed by atoms with Crippen molar-refractivity contribution in [1.29, 1.82) is 0 Å². The fraction of sp³-hybridized carbons (Fsp3) is 0.188. The number of halogens is 3. The first-order valence-corrected chi connectivity index (χ1v) is 10.2. The molecule has 5 nitrogen and oxygen atoms in total. The summed E-state index contributed by atoms with van der Waals surface area (Å²) in [6.07, 6.45) is 0. The van der Waals surface area contributed by atoms with Crippen LogP contribution in [0.4, 0.5) is 5.69 Å². The van der Waals surface area contributed by atoms with E-state index in [0.717, 1.165) is 8.78 Å². The standard InChI is InChI=1S/C16H15BrCl2N2O3S/c1-2-21(25(23,24)15-5-3-11(17)4-6-15)10-16(22)20-14-8-12(18)7-13(19)9-14/h3-9H,2,10H2,1H3,(H,20,22). The molecule has 0 fully saturated rings. The molecule has 1 N–H and O–H groups in total. The van der Waals surface area contributed by atoms with Gasteiger partial charge in [0.1, 0.15) is 0 Å². The van der Waals surface area contributed by atoms with Crippen LogP contribution in [-0.2, 0) is 14.8 Å². The van der Waals surface area contributed by atoms with Crippen molar-refractivity contribution in [2.45, 2.75) is 11.8 Å². The number of hydrogen-bond donors (Lipinski definition) is 1. The van der Waals surface area contributed by atoms with Crippen LogP contribution in [0.2, 0.25) is 10.0 Å². The highest BCUT2D eigenvalue weighted by atomic mass is 79.9. The molecular formula is C16H15BrCl2N2O3S. The number of anilines is 1. The summed E-state index contributed by atoms with van der Waals surface area (Å²) in [4.78, 5) is 12.3. The van der Waals surface area contributed by atoms with Crippen molar-refractivity contribution in [2.24, 2.45) is 0 Å². The Morgan fingerprint density at radius 2 is 1.68 bits per heavy atom. The molecule has 0 bridgehead atoms. The highest BCUT2D eigenvalue weighted by Gasteiger charge is 2.25. The maximum Gasteiger partial charge on any atom is 0.243 e. The molecule has 0 radical (unpaired) electrons. The summed E-state index contributed by atoms with van der Waals surface area (Å²) >= 11 is 15.0. The van der Waals surface area contributed by atoms with Gasteiger partial charge in [0.25, 0.3) is 0 Å². The van der Waals surface area contributed by atoms with Gasteiger partial charge in [-0.2, -0.15) is 4.31 Å². The van der Waals surface area contributed by atoms with E-state index in [0.29, 0.717) is 15.7 Å². The van der Waals surface area contributed by atoms with E-state index >= 15 is 0 Å². The third-order valence-corrected chi connectivity index (χ3v) is 6.17. The Hall–Kier alpha value is -1.12. The Morgan fingerprint density at radius 3 is 2.20 bits per heavy atom. The second-order valence-electron chi connectivity index (χ2n) is 5.09. The number of nitrogens with one attached hydrogen (secondary N) is 1. The van der Waals surface area contributed by atoms with E-state index in [1.165, 1.54) is 30.3 Å². The third-order valence-electron chi connectivity index (χ3n) is 3.27. The van der Waals surface area contributed by atoms with Crippen molar-refractivity contribution >= 4 is 60.7 Å². The first-order valence-electron chi connectivity index (χ1n) is 7.24. The quantitative estimate of drug-likeness (QED) is 0.687. The summed E-state index contributed by atoms with van der Waals surface area (Å²) < 4.78 is 27.2. The van der Waals surface area contributed by atoms with Crippen LogP contribution in [0.25, 0.3) is 0 Å². The number of carbonyl (C=O) groups is 1. The predicted octanol–water partition coefficient (Wildman–Crippen LogP) is 4.41. The second-order valence-corrected chi connectivity index (χ2v) is 8.82. The van der Waals surface area contributed by atoms with Gasteiger partial charge < -0.3 is 5.32 Å². The number of sulfonamides is 1. The van der Waals surface area contributed by atoms with Gasteiger partial charge in [0.2, 0.25) is 15.9 Å². The summed E-state index contributed by atoms with van der Waals surface area (Å²) in [5, 5.41) is 3.35. The first-order chi connectivity index (χ1) is 11.7. The molecule has 9 heteroatoms. The van der Waals surface area contributed by atoms with Crippen LogP contribution in [0.5, 0.6) is 0 Å². The van der Waals surface area contributed by atoms with Gasteiger partial charge in [-0.3, -0.25) is 4.79 Å². The molecule has 0 saturated heterocycles. The number of amides is 1. The molecule has 0 aliphatic rings. The Kier molecular flexibility index (Phi) is 6.87. The lowest BCUT2D eigenvalue weighted by Gasteiger charge is -2.20. The van der Waals surface area contributed by atoms with Crippen molar-refractivity contribution in [3.63, 3.8) is 0 Å². The van der Waals surface area contributed by atoms with Crippen LogP contribution in [-0.4, -0.2) is 31.7 Å². The maximum absolute atomic E-state index is 12.7. The highest BCUT2D eigenvalue weighted by Crippen LogP contribution is 2.23. The molecule has 0 heterocycles. The lowest BCUT2D eigenvalue weighted by molar-refractivity contribution is -0.116. The van der Waals surface area contributed by atoms with Gasteiger partial charge in [0.05, 0.1) is 11.4 Å². The van der Waals surface area contributed by atoms with Crippen LogP contribution < -0.4 is 5.32 Å². The first kappa shape index (κ1) is 20.2. The molecule has 1 amide bonds. The molecular weight excluding hydrogens is 451 g/mol. The van der Waals surface area contributed by atoms with Gasteiger partial charge in [-0.05, 0) is 42.5 Å². The number of carbonyl (C=O) groups excluding carboxylic acids is 1. The van der Waals surface area contributed by atoms with Crippen LogP contribution in [0.3, 0.4) is 0 Å². The molecule has 134 valence electrons. The maximum atomic E-state index is 12.7. The molecule has 2 aromatic carbocycles. The summed E-state index contributed by atoms with van der Waals surface area (Å²) in [5.74, 6) is -0.485. The van der Waals surface area contributed by atoms with Gasteiger partial charge in [-0.1, -0.05) is 46.1 Å². The summed E-state index contributed by atoms with van der Waals surface area (Å²) in [6, 6.07) is 10.8. The monoisotopic (exact) mass is 464 g/mol. The Labute approximate surface area is 165 Å². The lowest BCUT2D eigenvalue weighted by Crippen LogP contribution is -2.37. The second kappa shape index (κ2) is 8.51. The van der Waals surface area contributed by atoms with Gasteiger partial charge in [0.15, 0.2) is 0 Å². The zero-order valence-electron chi connectivity index (χ0n) is 13.2. The molecule has 0 aliphatic heterocycles. The molecule has 0 atom stereocenters. The van der Waals surface area contributed by atoms with Gasteiger partial charge in [-0.25, -0.2) is 8.42 Å². The molecule has 2 rings (SSSR count). The number of hydrogen-bond acceptors (Lipinski definition) is 3. The zero-order valence-corrected chi connectivity index (χ0v) is 17.1. The van der Waals surface area contributed by atoms with Crippen molar-refractivity contribution in [2.75, 3.05) is 18.4 Å². The highest BCUT2D eigenvalue weighted by molar-refractivity contribution is 9.10. The molecule has 0 aromatic heterocycles. The summed E-state index contributed by atoms with van der Waals surface area (Å²) in [6.45, 7) is 1.50. The van der Waals surface area contributed by atoms with Gasteiger partial charge in [0, 0.05) is 26.8 Å². The average Bonchev–Trinajstić information content (AvgIpc) is 2.51. The van der Waals surface area contributed by atoms with Crippen LogP contribution >= 0.6 is 39.1 Å². The Bertz CT molecular complexity index is 853. The van der Waals surface area contributed by atoms with Gasteiger partial charge >= 0.3 is 0 Å². The fourth-order valence-corrected chi connectivity index (χ4v) is 4.30. The van der Waals surface area contributed by atoms with Crippen molar-refractivity contribution in [1.82, 2.24) is 4.31 Å². The van der Waals surface area contributed by atoms with E-state index in [1.54, 1.807) is 19.1 Å². The largest absolute Gasteiger partial charge is 0.325 e. The van der Waals surface area contributed by atoms with Crippen molar-refractivity contribution in [3.05, 3.63) is 57.0 Å². The van der Waals surface area contributed by atoms with E-state index < -0.39 is 15.9 Å². The van der Waals surface area contributed by atoms with E-state index in [9.17, 15) is 13.2 Å². The molecule has 0 saturated carbocycles. The van der Waals surface area contributed by atoms with Gasteiger partial charge in [-0.15, -0.1) is 0 Å². The molecule has 0 unspecified atom stereocenters. The van der Waals surface area contributed by atoms with E-state index in [-0.39, 0.29) is 18.0 Å². The predicted molar refractivity (Wildman–Crippen MR) is 104 cm³/mol. The topological polar surface area (TPSA) is 66.5 Å². The Morgan fingerprint density at radius 1 is 1.12 bits per heavy atom. The third kappa shape index (κ3) is 5.43. The van der Waals surface area contributed by atoms with E-state index in [1.807, 2.05) is 0 Å². The smallest absolute Gasteiger partial charge is 0.243 e. The normalized spacial score (nSPS) is 11.6. The van der Waals surface area contributed by atoms with Crippen LogP contribution in [0.1, 0.15) is 6.92 Å². The minimum atomic E-state index is -3.77. The SMILES string of the molecule is CCN(CC(=O)Nc1cc(Cl)cc(Cl)c1)S(=O)(=O)c1ccc(Br)cc1. The number of rotatable bonds is 6. The molecule has 25 heavy (non-hydrogen) atoms. The van der Waals surface area contributed by atoms with Crippen LogP contribution in [0.15, 0.2) is 51.8 Å². The summed E-state index contributed by atoms with van der Waals surface area (Å²) in [5.41, 5.74) is 0.402. The molecule has 0 aliphatic carbocycles. The minimum Gasteiger partial charge on any atom is -0.325 e. The minimum absolute atomic E-state index is 0.121. The number of benzene rings is 2. The van der Waals surface area contributed by atoms with Crippen molar-refractivity contribution in [3.8, 4) is 0 Å². The fourth-order valence-electron chi connectivity index (χ4n) is 2.11.